The van der Waals surface area contributed by atoms with Crippen molar-refractivity contribution in [3.63, 3.8) is 0 Å². The molecule has 0 saturated carbocycles. The van der Waals surface area contributed by atoms with Crippen molar-refractivity contribution in [1.82, 2.24) is 5.43 Å². The molecule has 0 aliphatic carbocycles. The molecule has 1 aliphatic heterocycles. The number of nitrogens with two attached hydrogens (primary N) is 2. The Bertz CT molecular complexity index is 646. The summed E-state index contributed by atoms with van der Waals surface area (Å²) in [6, 6.07) is 5.55. The van der Waals surface area contributed by atoms with Gasteiger partial charge in [0.25, 0.3) is 0 Å². The molecule has 1 heterocycles. The molecule has 1 aromatic carbocycles. The molecule has 1 aromatic rings. The van der Waals surface area contributed by atoms with E-state index < -0.39 is 5.97 Å². The van der Waals surface area contributed by atoms with Crippen molar-refractivity contribution in [2.75, 3.05) is 24.6 Å². The van der Waals surface area contributed by atoms with Crippen molar-refractivity contribution < 1.29 is 14.3 Å². The number of nitrogens with zero attached hydrogens (tertiary/aromatic N) is 1. The monoisotopic (exact) mass is 388 g/mol. The first kappa shape index (κ1) is 19.5. The smallest absolute Gasteiger partial charge is 0.361 e. The number of anilines is 1. The molecule has 0 spiro atoms. The van der Waals surface area contributed by atoms with Gasteiger partial charge in [0.2, 0.25) is 5.88 Å². The molecule has 0 amide bonds. The molecule has 1 aliphatic rings. The van der Waals surface area contributed by atoms with Crippen molar-refractivity contribution in [3.8, 4) is 0 Å². The number of carbonyl (C=O) groups excluding carboxylic acids is 1. The number of piperidine rings is 1. The Balaban J connectivity index is 1.95. The van der Waals surface area contributed by atoms with E-state index >= 15 is 0 Å². The third-order valence-corrected chi connectivity index (χ3v) is 4.61. The summed E-state index contributed by atoms with van der Waals surface area (Å²) < 4.78 is 10.5. The van der Waals surface area contributed by atoms with Crippen LogP contribution in [0.1, 0.15) is 19.8 Å². The third-order valence-electron chi connectivity index (χ3n) is 3.87. The first-order chi connectivity index (χ1) is 12.0. The van der Waals surface area contributed by atoms with E-state index in [-0.39, 0.29) is 24.3 Å². The van der Waals surface area contributed by atoms with Gasteiger partial charge < -0.3 is 25.5 Å². The maximum absolute atomic E-state index is 11.7. The highest BCUT2D eigenvalue weighted by Crippen LogP contribution is 2.29. The zero-order valence-electron chi connectivity index (χ0n) is 13.9. The SMILES string of the molecule is CCOC(=O)/C(NN)=C(/N)OC1CCN(c2ccc(Cl)c(Cl)c2)CC1. The number of hydrogen-bond acceptors (Lipinski definition) is 7. The van der Waals surface area contributed by atoms with Gasteiger partial charge >= 0.3 is 5.97 Å². The Kier molecular flexibility index (Phi) is 7.04. The molecule has 0 bridgehead atoms. The Morgan fingerprint density at radius 2 is 2.00 bits per heavy atom. The molecule has 5 N–H and O–H groups in total. The summed E-state index contributed by atoms with van der Waals surface area (Å²) in [6.07, 6.45) is 1.36. The van der Waals surface area contributed by atoms with Gasteiger partial charge in [0.05, 0.1) is 16.7 Å². The number of hydrogen-bond donors (Lipinski definition) is 3. The highest BCUT2D eigenvalue weighted by Gasteiger charge is 2.24. The van der Waals surface area contributed by atoms with Crippen LogP contribution in [0.2, 0.25) is 10.0 Å². The second kappa shape index (κ2) is 9.03. The van der Waals surface area contributed by atoms with E-state index in [2.05, 4.69) is 10.3 Å². The summed E-state index contributed by atoms with van der Waals surface area (Å²) in [5, 5.41) is 1.06. The second-order valence-corrected chi connectivity index (χ2v) is 6.32. The van der Waals surface area contributed by atoms with Crippen LogP contribution in [0.25, 0.3) is 0 Å². The van der Waals surface area contributed by atoms with Gasteiger partial charge in [0, 0.05) is 31.6 Å². The molecule has 2 rings (SSSR count). The van der Waals surface area contributed by atoms with E-state index in [0.717, 1.165) is 31.6 Å². The topological polar surface area (TPSA) is 103 Å². The standard InChI is InChI=1S/C16H22Cl2N4O3/c1-2-24-16(23)14(21-20)15(19)25-11-5-7-22(8-6-11)10-3-4-12(17)13(18)9-10/h3-4,9,11,21H,2,5-8,19-20H2,1H3/b15-14+. The highest BCUT2D eigenvalue weighted by molar-refractivity contribution is 6.42. The zero-order chi connectivity index (χ0) is 18.4. The van der Waals surface area contributed by atoms with Gasteiger partial charge in [-0.25, -0.2) is 4.79 Å². The van der Waals surface area contributed by atoms with E-state index in [4.69, 9.17) is 44.3 Å². The lowest BCUT2D eigenvalue weighted by Crippen LogP contribution is -2.39. The van der Waals surface area contributed by atoms with Gasteiger partial charge in [-0.2, -0.15) is 0 Å². The van der Waals surface area contributed by atoms with Crippen molar-refractivity contribution >= 4 is 34.9 Å². The van der Waals surface area contributed by atoms with Gasteiger partial charge in [-0.05, 0) is 25.1 Å². The molecule has 25 heavy (non-hydrogen) atoms. The number of nitrogens with one attached hydrogen (secondary N) is 1. The van der Waals surface area contributed by atoms with Crippen molar-refractivity contribution in [1.29, 1.82) is 0 Å². The molecule has 7 nitrogen and oxygen atoms in total. The van der Waals surface area contributed by atoms with Crippen LogP contribution in [0, 0.1) is 0 Å². The summed E-state index contributed by atoms with van der Waals surface area (Å²) in [7, 11) is 0. The number of benzene rings is 1. The fourth-order valence-corrected chi connectivity index (χ4v) is 2.88. The molecular weight excluding hydrogens is 367 g/mol. The number of carbonyl (C=O) groups is 1. The minimum Gasteiger partial charge on any atom is -0.474 e. The number of rotatable bonds is 6. The van der Waals surface area contributed by atoms with Crippen molar-refractivity contribution in [3.05, 3.63) is 39.8 Å². The molecule has 1 fully saturated rings. The minimum absolute atomic E-state index is 0.0612. The van der Waals surface area contributed by atoms with Crippen LogP contribution >= 0.6 is 23.2 Å². The molecule has 1 saturated heterocycles. The molecule has 0 unspecified atom stereocenters. The fraction of sp³-hybridized carbons (Fsp3) is 0.438. The van der Waals surface area contributed by atoms with Crippen LogP contribution in [0.3, 0.4) is 0 Å². The molecule has 138 valence electrons. The van der Waals surface area contributed by atoms with Crippen LogP contribution in [0.5, 0.6) is 0 Å². The Hall–Kier alpha value is -1.83. The minimum atomic E-state index is -0.643. The van der Waals surface area contributed by atoms with E-state index in [1.54, 1.807) is 13.0 Å². The summed E-state index contributed by atoms with van der Waals surface area (Å²) in [4.78, 5) is 13.9. The van der Waals surface area contributed by atoms with Crippen LogP contribution in [-0.4, -0.2) is 31.8 Å². The average molecular weight is 389 g/mol. The maximum Gasteiger partial charge on any atom is 0.361 e. The Morgan fingerprint density at radius 1 is 1.32 bits per heavy atom. The summed E-state index contributed by atoms with van der Waals surface area (Å²) in [5.41, 5.74) is 9.01. The van der Waals surface area contributed by atoms with E-state index in [9.17, 15) is 4.79 Å². The predicted octanol–water partition coefficient (Wildman–Crippen LogP) is 2.13. The van der Waals surface area contributed by atoms with Crippen LogP contribution in [0.15, 0.2) is 29.8 Å². The molecule has 0 aromatic heterocycles. The first-order valence-electron chi connectivity index (χ1n) is 7.96. The highest BCUT2D eigenvalue weighted by atomic mass is 35.5. The normalized spacial score (nSPS) is 16.2. The summed E-state index contributed by atoms with van der Waals surface area (Å²) in [6.45, 7) is 3.45. The molecule has 0 radical (unpaired) electrons. The Labute approximate surface area is 156 Å². The van der Waals surface area contributed by atoms with E-state index in [1.807, 2.05) is 12.1 Å². The lowest BCUT2D eigenvalue weighted by molar-refractivity contribution is -0.139. The summed E-state index contributed by atoms with van der Waals surface area (Å²) in [5.74, 6) is 4.63. The average Bonchev–Trinajstić information content (AvgIpc) is 2.59. The largest absolute Gasteiger partial charge is 0.474 e. The van der Waals surface area contributed by atoms with Crippen LogP contribution in [-0.2, 0) is 14.3 Å². The van der Waals surface area contributed by atoms with Gasteiger partial charge in [-0.1, -0.05) is 23.2 Å². The van der Waals surface area contributed by atoms with Gasteiger partial charge in [0.1, 0.15) is 6.10 Å². The maximum atomic E-state index is 11.7. The van der Waals surface area contributed by atoms with E-state index in [0.29, 0.717) is 10.0 Å². The lowest BCUT2D eigenvalue weighted by Gasteiger charge is -2.34. The molecule has 9 heteroatoms. The molecular formula is C16H22Cl2N4O3. The number of halogens is 2. The van der Waals surface area contributed by atoms with Crippen molar-refractivity contribution in [2.24, 2.45) is 11.6 Å². The van der Waals surface area contributed by atoms with Crippen LogP contribution in [0.4, 0.5) is 5.69 Å². The number of hydrazine groups is 1. The number of ether oxygens (including phenoxy) is 2. The first-order valence-corrected chi connectivity index (χ1v) is 8.72. The van der Waals surface area contributed by atoms with Gasteiger partial charge in [-0.3, -0.25) is 5.84 Å². The molecule has 0 atom stereocenters. The van der Waals surface area contributed by atoms with Crippen molar-refractivity contribution in [2.45, 2.75) is 25.9 Å². The Morgan fingerprint density at radius 3 is 2.56 bits per heavy atom. The van der Waals surface area contributed by atoms with E-state index in [1.165, 1.54) is 0 Å². The third kappa shape index (κ3) is 5.07. The second-order valence-electron chi connectivity index (χ2n) is 5.51. The zero-order valence-corrected chi connectivity index (χ0v) is 15.4. The fourth-order valence-electron chi connectivity index (χ4n) is 2.59. The number of esters is 1. The van der Waals surface area contributed by atoms with Gasteiger partial charge in [0.15, 0.2) is 5.70 Å². The predicted molar refractivity (Wildman–Crippen MR) is 98.0 cm³/mol. The van der Waals surface area contributed by atoms with Gasteiger partial charge in [-0.15, -0.1) is 0 Å². The van der Waals surface area contributed by atoms with Crippen LogP contribution < -0.4 is 21.9 Å². The quantitative estimate of drug-likeness (QED) is 0.225. The summed E-state index contributed by atoms with van der Waals surface area (Å²) >= 11 is 12.0. The lowest BCUT2D eigenvalue weighted by atomic mass is 10.1.